The van der Waals surface area contributed by atoms with E-state index in [1.807, 2.05) is 12.1 Å². The highest BCUT2D eigenvalue weighted by Crippen LogP contribution is 2.24. The first kappa shape index (κ1) is 15.5. The van der Waals surface area contributed by atoms with Crippen LogP contribution in [0.15, 0.2) is 60.7 Å². The van der Waals surface area contributed by atoms with E-state index in [1.54, 1.807) is 19.2 Å². The lowest BCUT2D eigenvalue weighted by Crippen LogP contribution is -2.16. The Balaban J connectivity index is 1.65. The Labute approximate surface area is 135 Å². The van der Waals surface area contributed by atoms with Crippen LogP contribution in [0.3, 0.4) is 0 Å². The van der Waals surface area contributed by atoms with Crippen LogP contribution in [0.1, 0.15) is 11.1 Å². The van der Waals surface area contributed by atoms with E-state index >= 15 is 0 Å². The van der Waals surface area contributed by atoms with Crippen molar-refractivity contribution in [3.63, 3.8) is 0 Å². The third kappa shape index (κ3) is 3.88. The molecule has 0 saturated heterocycles. The molecule has 0 aliphatic carbocycles. The van der Waals surface area contributed by atoms with E-state index in [-0.39, 0.29) is 5.82 Å². The van der Waals surface area contributed by atoms with Gasteiger partial charge >= 0.3 is 0 Å². The fourth-order valence-electron chi connectivity index (χ4n) is 2.76. The van der Waals surface area contributed by atoms with Gasteiger partial charge in [-0.3, -0.25) is 0 Å². The van der Waals surface area contributed by atoms with Crippen molar-refractivity contribution < 1.29 is 9.13 Å². The standard InChI is InChI=1S/C20H20FNO/c1-23-19-9-8-16-5-3-6-17(20(16)13-19)10-11-22-14-15-4-2-7-18(21)12-15/h2-9,12-13,22H,10-11,14H2,1H3. The molecular formula is C20H20FNO. The molecule has 0 atom stereocenters. The summed E-state index contributed by atoms with van der Waals surface area (Å²) in [6.07, 6.45) is 0.916. The van der Waals surface area contributed by atoms with Crippen LogP contribution in [0.25, 0.3) is 10.8 Å². The maximum Gasteiger partial charge on any atom is 0.123 e. The van der Waals surface area contributed by atoms with Crippen LogP contribution in [0.4, 0.5) is 4.39 Å². The molecule has 0 aliphatic rings. The summed E-state index contributed by atoms with van der Waals surface area (Å²) in [6, 6.07) is 19.2. The summed E-state index contributed by atoms with van der Waals surface area (Å²) in [4.78, 5) is 0. The molecule has 0 radical (unpaired) electrons. The molecule has 0 amide bonds. The molecule has 3 heteroatoms. The number of fused-ring (bicyclic) bond motifs is 1. The van der Waals surface area contributed by atoms with Crippen LogP contribution in [-0.2, 0) is 13.0 Å². The summed E-state index contributed by atoms with van der Waals surface area (Å²) in [5, 5.41) is 5.81. The number of hydrogen-bond donors (Lipinski definition) is 1. The number of methoxy groups -OCH3 is 1. The van der Waals surface area contributed by atoms with Crippen molar-refractivity contribution in [1.29, 1.82) is 0 Å². The number of hydrogen-bond acceptors (Lipinski definition) is 2. The normalized spacial score (nSPS) is 10.9. The highest BCUT2D eigenvalue weighted by molar-refractivity contribution is 5.87. The monoisotopic (exact) mass is 309 g/mol. The van der Waals surface area contributed by atoms with Crippen molar-refractivity contribution in [2.45, 2.75) is 13.0 Å². The molecule has 0 fully saturated rings. The minimum Gasteiger partial charge on any atom is -0.497 e. The summed E-state index contributed by atoms with van der Waals surface area (Å²) in [5.41, 5.74) is 2.25. The topological polar surface area (TPSA) is 21.3 Å². The Morgan fingerprint density at radius 3 is 2.70 bits per heavy atom. The minimum absolute atomic E-state index is 0.189. The molecule has 2 nitrogen and oxygen atoms in total. The summed E-state index contributed by atoms with van der Waals surface area (Å²) in [5.74, 6) is 0.683. The average Bonchev–Trinajstić information content (AvgIpc) is 2.58. The van der Waals surface area contributed by atoms with Crippen molar-refractivity contribution in [2.75, 3.05) is 13.7 Å². The molecule has 0 bridgehead atoms. The van der Waals surface area contributed by atoms with Crippen LogP contribution >= 0.6 is 0 Å². The molecule has 3 aromatic rings. The quantitative estimate of drug-likeness (QED) is 0.685. The average molecular weight is 309 g/mol. The van der Waals surface area contributed by atoms with Gasteiger partial charge in [-0.2, -0.15) is 0 Å². The highest BCUT2D eigenvalue weighted by atomic mass is 19.1. The first-order valence-corrected chi connectivity index (χ1v) is 7.77. The first-order valence-electron chi connectivity index (χ1n) is 7.77. The maximum absolute atomic E-state index is 13.1. The van der Waals surface area contributed by atoms with Gasteiger partial charge in [0.15, 0.2) is 0 Å². The van der Waals surface area contributed by atoms with Gasteiger partial charge in [-0.05, 0) is 59.1 Å². The second-order valence-electron chi connectivity index (χ2n) is 5.56. The number of ether oxygens (including phenoxy) is 1. The van der Waals surface area contributed by atoms with E-state index in [2.05, 4.69) is 35.6 Å². The summed E-state index contributed by atoms with van der Waals surface area (Å²) < 4.78 is 18.5. The van der Waals surface area contributed by atoms with Crippen LogP contribution < -0.4 is 10.1 Å². The molecule has 0 aromatic heterocycles. The summed E-state index contributed by atoms with van der Waals surface area (Å²) >= 11 is 0. The van der Waals surface area contributed by atoms with E-state index < -0.39 is 0 Å². The number of rotatable bonds is 6. The Morgan fingerprint density at radius 2 is 1.87 bits per heavy atom. The van der Waals surface area contributed by atoms with E-state index in [0.717, 1.165) is 24.3 Å². The molecule has 0 unspecified atom stereocenters. The molecule has 0 aliphatic heterocycles. The lowest BCUT2D eigenvalue weighted by atomic mass is 10.0. The fourth-order valence-corrected chi connectivity index (χ4v) is 2.76. The molecule has 118 valence electrons. The van der Waals surface area contributed by atoms with Crippen molar-refractivity contribution in [3.8, 4) is 5.75 Å². The second-order valence-corrected chi connectivity index (χ2v) is 5.56. The SMILES string of the molecule is COc1ccc2cccc(CCNCc3cccc(F)c3)c2c1. The van der Waals surface area contributed by atoms with Gasteiger partial charge in [0.25, 0.3) is 0 Å². The van der Waals surface area contributed by atoms with E-state index in [1.165, 1.54) is 22.4 Å². The van der Waals surface area contributed by atoms with Crippen LogP contribution in [0, 0.1) is 5.82 Å². The van der Waals surface area contributed by atoms with Gasteiger partial charge in [0.05, 0.1) is 7.11 Å². The van der Waals surface area contributed by atoms with Crippen LogP contribution in [0.5, 0.6) is 5.75 Å². The van der Waals surface area contributed by atoms with Crippen molar-refractivity contribution in [2.24, 2.45) is 0 Å². The molecule has 23 heavy (non-hydrogen) atoms. The maximum atomic E-state index is 13.1. The van der Waals surface area contributed by atoms with E-state index in [0.29, 0.717) is 6.54 Å². The Hall–Kier alpha value is -2.39. The summed E-state index contributed by atoms with van der Waals surface area (Å²) in [7, 11) is 1.68. The number of halogens is 1. The zero-order chi connectivity index (χ0) is 16.1. The van der Waals surface area contributed by atoms with Crippen molar-refractivity contribution in [3.05, 3.63) is 77.6 Å². The molecule has 0 saturated carbocycles. The molecular weight excluding hydrogens is 289 g/mol. The van der Waals surface area contributed by atoms with Gasteiger partial charge in [0, 0.05) is 6.54 Å². The lowest BCUT2D eigenvalue weighted by Gasteiger charge is -2.09. The predicted octanol–water partition coefficient (Wildman–Crippen LogP) is 4.32. The number of benzene rings is 3. The zero-order valence-electron chi connectivity index (χ0n) is 13.2. The van der Waals surface area contributed by atoms with Gasteiger partial charge in [0.1, 0.15) is 11.6 Å². The zero-order valence-corrected chi connectivity index (χ0v) is 13.2. The Morgan fingerprint density at radius 1 is 1.00 bits per heavy atom. The lowest BCUT2D eigenvalue weighted by molar-refractivity contribution is 0.415. The Bertz CT molecular complexity index is 801. The first-order chi connectivity index (χ1) is 11.3. The van der Waals surface area contributed by atoms with Gasteiger partial charge < -0.3 is 10.1 Å². The fraction of sp³-hybridized carbons (Fsp3) is 0.200. The molecule has 3 rings (SSSR count). The van der Waals surface area contributed by atoms with Crippen LogP contribution in [-0.4, -0.2) is 13.7 Å². The second kappa shape index (κ2) is 7.25. The van der Waals surface area contributed by atoms with E-state index in [4.69, 9.17) is 4.74 Å². The van der Waals surface area contributed by atoms with Gasteiger partial charge in [-0.15, -0.1) is 0 Å². The molecule has 3 aromatic carbocycles. The minimum atomic E-state index is -0.189. The van der Waals surface area contributed by atoms with Gasteiger partial charge in [-0.25, -0.2) is 4.39 Å². The van der Waals surface area contributed by atoms with Crippen molar-refractivity contribution in [1.82, 2.24) is 5.32 Å². The highest BCUT2D eigenvalue weighted by Gasteiger charge is 2.03. The molecule has 0 heterocycles. The number of nitrogens with one attached hydrogen (secondary N) is 1. The van der Waals surface area contributed by atoms with Crippen molar-refractivity contribution >= 4 is 10.8 Å². The summed E-state index contributed by atoms with van der Waals surface area (Å²) in [6.45, 7) is 1.51. The largest absolute Gasteiger partial charge is 0.497 e. The van der Waals surface area contributed by atoms with Crippen LogP contribution in [0.2, 0.25) is 0 Å². The van der Waals surface area contributed by atoms with Gasteiger partial charge in [-0.1, -0.05) is 36.4 Å². The molecule has 0 spiro atoms. The third-order valence-electron chi connectivity index (χ3n) is 3.97. The van der Waals surface area contributed by atoms with E-state index in [9.17, 15) is 4.39 Å². The predicted molar refractivity (Wildman–Crippen MR) is 92.3 cm³/mol. The Kier molecular flexibility index (Phi) is 4.89. The molecule has 1 N–H and O–H groups in total. The smallest absolute Gasteiger partial charge is 0.123 e. The third-order valence-corrected chi connectivity index (χ3v) is 3.97. The van der Waals surface area contributed by atoms with Gasteiger partial charge in [0.2, 0.25) is 0 Å².